The van der Waals surface area contributed by atoms with Crippen molar-refractivity contribution < 1.29 is 33.3 Å². The van der Waals surface area contributed by atoms with E-state index in [4.69, 9.17) is 18.9 Å². The van der Waals surface area contributed by atoms with Gasteiger partial charge in [-0.1, -0.05) is 18.2 Å². The van der Waals surface area contributed by atoms with E-state index in [-0.39, 0.29) is 17.1 Å². The van der Waals surface area contributed by atoms with Gasteiger partial charge in [0.1, 0.15) is 5.57 Å². The van der Waals surface area contributed by atoms with Gasteiger partial charge in [-0.25, -0.2) is 14.4 Å². The number of carbonyl (C=O) groups excluding carboxylic acids is 3. The first-order valence-corrected chi connectivity index (χ1v) is 9.61. The van der Waals surface area contributed by atoms with Gasteiger partial charge in [0.15, 0.2) is 11.5 Å². The summed E-state index contributed by atoms with van der Waals surface area (Å²) in [7, 11) is 1.42. The summed E-state index contributed by atoms with van der Waals surface area (Å²) in [5.74, 6) is -2.90. The average molecular weight is 508 g/mol. The molecule has 0 saturated carbocycles. The highest BCUT2D eigenvalue weighted by atomic mass is 127. The third-order valence-corrected chi connectivity index (χ3v) is 4.69. The van der Waals surface area contributed by atoms with E-state index in [9.17, 15) is 14.4 Å². The summed E-state index contributed by atoms with van der Waals surface area (Å²) in [5.41, 5.74) is 0.637. The Morgan fingerprint density at radius 1 is 1.07 bits per heavy atom. The quantitative estimate of drug-likeness (QED) is 0.205. The van der Waals surface area contributed by atoms with Crippen LogP contribution in [0.25, 0.3) is 6.08 Å². The minimum atomic E-state index is -1.31. The summed E-state index contributed by atoms with van der Waals surface area (Å²) >= 11 is 1.98. The molecule has 1 aliphatic rings. The van der Waals surface area contributed by atoms with Gasteiger partial charge in [-0.15, -0.1) is 0 Å². The van der Waals surface area contributed by atoms with E-state index in [0.29, 0.717) is 14.7 Å². The molecule has 2 aromatic carbocycles. The molecule has 150 valence electrons. The lowest BCUT2D eigenvalue weighted by Gasteiger charge is -2.29. The number of carbonyl (C=O) groups is 3. The number of benzene rings is 2. The fraction of sp³-hybridized carbons (Fsp3) is 0.190. The zero-order valence-electron chi connectivity index (χ0n) is 15.9. The SMILES string of the molecule is COc1cc(C=C2C(=O)OC(C)(C)OC2=O)cc(I)c1OC(=O)c1ccccc1. The van der Waals surface area contributed by atoms with Gasteiger partial charge in [-0.05, 0) is 58.5 Å². The van der Waals surface area contributed by atoms with Crippen LogP contribution in [-0.2, 0) is 19.1 Å². The summed E-state index contributed by atoms with van der Waals surface area (Å²) in [6, 6.07) is 11.7. The van der Waals surface area contributed by atoms with Crippen molar-refractivity contribution in [2.24, 2.45) is 0 Å². The van der Waals surface area contributed by atoms with Crippen molar-refractivity contribution in [3.8, 4) is 11.5 Å². The third kappa shape index (κ3) is 4.76. The highest BCUT2D eigenvalue weighted by Crippen LogP contribution is 2.35. The predicted octanol–water partition coefficient (Wildman–Crippen LogP) is 3.74. The van der Waals surface area contributed by atoms with E-state index in [1.54, 1.807) is 42.5 Å². The van der Waals surface area contributed by atoms with Crippen LogP contribution in [0, 0.1) is 3.57 Å². The van der Waals surface area contributed by atoms with Crippen LogP contribution in [0.2, 0.25) is 0 Å². The monoisotopic (exact) mass is 508 g/mol. The van der Waals surface area contributed by atoms with Crippen molar-refractivity contribution in [3.05, 3.63) is 62.7 Å². The molecule has 0 spiro atoms. The smallest absolute Gasteiger partial charge is 0.348 e. The standard InChI is InChI=1S/C21H17IO7/c1-21(2)28-19(24)14(20(25)29-21)9-12-10-15(22)17(16(11-12)26-3)27-18(23)13-7-5-4-6-8-13/h4-11H,1-3H3. The van der Waals surface area contributed by atoms with Gasteiger partial charge in [0.05, 0.1) is 16.2 Å². The van der Waals surface area contributed by atoms with Crippen molar-refractivity contribution in [3.63, 3.8) is 0 Å². The molecule has 0 amide bonds. The second kappa shape index (κ2) is 8.24. The molecule has 0 atom stereocenters. The molecule has 0 radical (unpaired) electrons. The van der Waals surface area contributed by atoms with E-state index < -0.39 is 23.7 Å². The molecule has 0 bridgehead atoms. The van der Waals surface area contributed by atoms with Crippen LogP contribution in [0.3, 0.4) is 0 Å². The molecular weight excluding hydrogens is 491 g/mol. The number of rotatable bonds is 4. The van der Waals surface area contributed by atoms with E-state index in [1.807, 2.05) is 22.6 Å². The number of ether oxygens (including phenoxy) is 4. The average Bonchev–Trinajstić information content (AvgIpc) is 2.66. The van der Waals surface area contributed by atoms with Crippen molar-refractivity contribution >= 4 is 46.6 Å². The lowest BCUT2D eigenvalue weighted by atomic mass is 10.1. The van der Waals surface area contributed by atoms with Gasteiger partial charge in [-0.2, -0.15) is 0 Å². The van der Waals surface area contributed by atoms with Crippen LogP contribution in [-0.4, -0.2) is 30.8 Å². The van der Waals surface area contributed by atoms with Gasteiger partial charge in [0.25, 0.3) is 5.79 Å². The Morgan fingerprint density at radius 3 is 2.28 bits per heavy atom. The number of methoxy groups -OCH3 is 1. The molecule has 1 fully saturated rings. The molecule has 0 aliphatic carbocycles. The molecule has 0 unspecified atom stereocenters. The Hall–Kier alpha value is -2.88. The van der Waals surface area contributed by atoms with Crippen LogP contribution in [0.5, 0.6) is 11.5 Å². The lowest BCUT2D eigenvalue weighted by molar-refractivity contribution is -0.222. The first-order chi connectivity index (χ1) is 13.7. The molecule has 3 rings (SSSR count). The Bertz CT molecular complexity index is 987. The maximum atomic E-state index is 12.4. The second-order valence-electron chi connectivity index (χ2n) is 6.53. The van der Waals surface area contributed by atoms with Crippen molar-refractivity contribution in [1.29, 1.82) is 0 Å². The van der Waals surface area contributed by atoms with E-state index >= 15 is 0 Å². The predicted molar refractivity (Wildman–Crippen MR) is 111 cm³/mol. The van der Waals surface area contributed by atoms with Crippen LogP contribution < -0.4 is 9.47 Å². The molecular formula is C21H17IO7. The molecule has 2 aromatic rings. The molecule has 1 aliphatic heterocycles. The van der Waals surface area contributed by atoms with Crippen molar-refractivity contribution in [2.45, 2.75) is 19.6 Å². The highest BCUT2D eigenvalue weighted by Gasteiger charge is 2.38. The highest BCUT2D eigenvalue weighted by molar-refractivity contribution is 14.1. The fourth-order valence-corrected chi connectivity index (χ4v) is 3.33. The van der Waals surface area contributed by atoms with Gasteiger partial charge in [0, 0.05) is 13.8 Å². The van der Waals surface area contributed by atoms with Gasteiger partial charge in [-0.3, -0.25) is 0 Å². The minimum absolute atomic E-state index is 0.235. The molecule has 7 nitrogen and oxygen atoms in total. The largest absolute Gasteiger partial charge is 0.493 e. The zero-order chi connectivity index (χ0) is 21.2. The summed E-state index contributed by atoms with van der Waals surface area (Å²) in [6.07, 6.45) is 1.34. The summed E-state index contributed by atoms with van der Waals surface area (Å²) in [4.78, 5) is 36.6. The van der Waals surface area contributed by atoms with Crippen LogP contribution >= 0.6 is 22.6 Å². The zero-order valence-corrected chi connectivity index (χ0v) is 18.0. The van der Waals surface area contributed by atoms with Crippen LogP contribution in [0.1, 0.15) is 29.8 Å². The van der Waals surface area contributed by atoms with Gasteiger partial charge < -0.3 is 18.9 Å². The number of esters is 3. The van der Waals surface area contributed by atoms with Crippen molar-refractivity contribution in [2.75, 3.05) is 7.11 Å². The molecule has 0 N–H and O–H groups in total. The topological polar surface area (TPSA) is 88.1 Å². The first kappa shape index (κ1) is 20.8. The van der Waals surface area contributed by atoms with Crippen LogP contribution in [0.15, 0.2) is 48.0 Å². The molecule has 1 saturated heterocycles. The van der Waals surface area contributed by atoms with E-state index in [2.05, 4.69) is 0 Å². The van der Waals surface area contributed by atoms with Gasteiger partial charge in [0.2, 0.25) is 0 Å². The maximum Gasteiger partial charge on any atom is 0.348 e. The van der Waals surface area contributed by atoms with E-state index in [1.165, 1.54) is 27.0 Å². The Kier molecular flexibility index (Phi) is 5.92. The normalized spacial score (nSPS) is 15.2. The first-order valence-electron chi connectivity index (χ1n) is 8.53. The number of halogens is 1. The van der Waals surface area contributed by atoms with E-state index in [0.717, 1.165) is 0 Å². The molecule has 0 aromatic heterocycles. The van der Waals surface area contributed by atoms with Gasteiger partial charge >= 0.3 is 17.9 Å². The number of hydrogen-bond donors (Lipinski definition) is 0. The fourth-order valence-electron chi connectivity index (χ4n) is 2.59. The summed E-state index contributed by atoms with van der Waals surface area (Å²) in [6.45, 7) is 2.95. The number of hydrogen-bond acceptors (Lipinski definition) is 7. The molecule has 1 heterocycles. The summed E-state index contributed by atoms with van der Waals surface area (Å²) < 4.78 is 21.6. The Morgan fingerprint density at radius 2 is 1.69 bits per heavy atom. The van der Waals surface area contributed by atoms with Crippen LogP contribution in [0.4, 0.5) is 0 Å². The Balaban J connectivity index is 1.92. The molecule has 8 heteroatoms. The van der Waals surface area contributed by atoms with Crippen molar-refractivity contribution in [1.82, 2.24) is 0 Å². The third-order valence-electron chi connectivity index (χ3n) is 3.88. The Labute approximate surface area is 180 Å². The maximum absolute atomic E-state index is 12.4. The number of cyclic esters (lactones) is 2. The summed E-state index contributed by atoms with van der Waals surface area (Å²) in [5, 5.41) is 0. The second-order valence-corrected chi connectivity index (χ2v) is 7.69. The lowest BCUT2D eigenvalue weighted by Crippen LogP contribution is -2.41. The molecule has 29 heavy (non-hydrogen) atoms. The minimum Gasteiger partial charge on any atom is -0.493 e.